The van der Waals surface area contributed by atoms with Gasteiger partial charge < -0.3 is 14.2 Å². The average Bonchev–Trinajstić information content (AvgIpc) is 3.22. The molecule has 1 saturated heterocycles. The number of nitrogens with zero attached hydrogens (tertiary/aromatic N) is 3. The highest BCUT2D eigenvalue weighted by Crippen LogP contribution is 2.30. The van der Waals surface area contributed by atoms with Crippen molar-refractivity contribution in [2.45, 2.75) is 19.8 Å². The molecule has 7 heteroatoms. The fourth-order valence-corrected chi connectivity index (χ4v) is 3.69. The standard InChI is InChI=1S/C22H22ClN3O3/c1-15-6-5-11-26(13-15)20(27)14-28-19-10-3-2-9-18(19)21-24-22(29-25-21)16-7-4-8-17(23)12-16/h2-4,7-10,12,15H,5-6,11,13-14H2,1H3. The zero-order chi connectivity index (χ0) is 20.2. The summed E-state index contributed by atoms with van der Waals surface area (Å²) >= 11 is 6.04. The molecule has 1 atom stereocenters. The van der Waals surface area contributed by atoms with E-state index in [4.69, 9.17) is 20.9 Å². The van der Waals surface area contributed by atoms with E-state index in [1.807, 2.05) is 35.2 Å². The van der Waals surface area contributed by atoms with E-state index in [0.29, 0.717) is 34.0 Å². The Morgan fingerprint density at radius 1 is 1.28 bits per heavy atom. The Kier molecular flexibility index (Phi) is 5.81. The first-order valence-corrected chi connectivity index (χ1v) is 10.1. The molecule has 150 valence electrons. The van der Waals surface area contributed by atoms with Gasteiger partial charge >= 0.3 is 0 Å². The zero-order valence-corrected chi connectivity index (χ0v) is 16.9. The third-order valence-corrected chi connectivity index (χ3v) is 5.22. The van der Waals surface area contributed by atoms with E-state index < -0.39 is 0 Å². The van der Waals surface area contributed by atoms with Gasteiger partial charge in [0.1, 0.15) is 5.75 Å². The molecule has 1 unspecified atom stereocenters. The molecule has 1 aromatic heterocycles. The molecule has 1 fully saturated rings. The Morgan fingerprint density at radius 3 is 2.97 bits per heavy atom. The second-order valence-electron chi connectivity index (χ2n) is 7.31. The van der Waals surface area contributed by atoms with Gasteiger partial charge in [0.05, 0.1) is 5.56 Å². The molecule has 1 aliphatic heterocycles. The lowest BCUT2D eigenvalue weighted by Crippen LogP contribution is -2.41. The summed E-state index contributed by atoms with van der Waals surface area (Å²) in [5.41, 5.74) is 1.41. The van der Waals surface area contributed by atoms with Crippen LogP contribution in [0.4, 0.5) is 0 Å². The predicted octanol–water partition coefficient (Wildman–Crippen LogP) is 4.69. The molecule has 0 saturated carbocycles. The molecular formula is C22H22ClN3O3. The molecule has 0 spiro atoms. The molecule has 4 rings (SSSR count). The van der Waals surface area contributed by atoms with E-state index in [9.17, 15) is 4.79 Å². The maximum absolute atomic E-state index is 12.5. The summed E-state index contributed by atoms with van der Waals surface area (Å²) in [7, 11) is 0. The summed E-state index contributed by atoms with van der Waals surface area (Å²) in [5.74, 6) is 1.85. The van der Waals surface area contributed by atoms with E-state index in [1.54, 1.807) is 18.2 Å². The summed E-state index contributed by atoms with van der Waals surface area (Å²) in [5, 5.41) is 4.67. The fourth-order valence-electron chi connectivity index (χ4n) is 3.50. The van der Waals surface area contributed by atoms with Crippen LogP contribution in [-0.4, -0.2) is 40.6 Å². The van der Waals surface area contributed by atoms with Gasteiger partial charge in [0.25, 0.3) is 11.8 Å². The molecule has 3 aromatic rings. The monoisotopic (exact) mass is 411 g/mol. The SMILES string of the molecule is CC1CCCN(C(=O)COc2ccccc2-c2noc(-c3cccc(Cl)c3)n2)C1. The van der Waals surface area contributed by atoms with E-state index in [1.165, 1.54) is 6.42 Å². The number of carbonyl (C=O) groups excluding carboxylic acids is 1. The number of hydrogen-bond donors (Lipinski definition) is 0. The lowest BCUT2D eigenvalue weighted by atomic mass is 10.0. The van der Waals surface area contributed by atoms with Crippen molar-refractivity contribution in [3.8, 4) is 28.6 Å². The lowest BCUT2D eigenvalue weighted by Gasteiger charge is -2.30. The van der Waals surface area contributed by atoms with Crippen molar-refractivity contribution < 1.29 is 14.1 Å². The van der Waals surface area contributed by atoms with Gasteiger partial charge in [-0.2, -0.15) is 4.98 Å². The number of para-hydroxylation sites is 1. The van der Waals surface area contributed by atoms with Crippen LogP contribution < -0.4 is 4.74 Å². The molecule has 0 bridgehead atoms. The molecule has 6 nitrogen and oxygen atoms in total. The number of amides is 1. The first kappa shape index (κ1) is 19.5. The molecule has 2 heterocycles. The molecule has 1 amide bonds. The van der Waals surface area contributed by atoms with Gasteiger partial charge in [0.2, 0.25) is 5.82 Å². The van der Waals surface area contributed by atoms with E-state index >= 15 is 0 Å². The molecule has 0 aliphatic carbocycles. The smallest absolute Gasteiger partial charge is 0.260 e. The van der Waals surface area contributed by atoms with Crippen molar-refractivity contribution in [2.75, 3.05) is 19.7 Å². The third-order valence-electron chi connectivity index (χ3n) is 4.99. The van der Waals surface area contributed by atoms with Gasteiger partial charge in [-0.15, -0.1) is 0 Å². The number of aromatic nitrogens is 2. The summed E-state index contributed by atoms with van der Waals surface area (Å²) in [4.78, 5) is 18.9. The highest BCUT2D eigenvalue weighted by molar-refractivity contribution is 6.30. The minimum absolute atomic E-state index is 0.000850. The minimum atomic E-state index is -0.0112. The summed E-state index contributed by atoms with van der Waals surface area (Å²) < 4.78 is 11.2. The van der Waals surface area contributed by atoms with Crippen LogP contribution in [0.25, 0.3) is 22.8 Å². The molecule has 0 radical (unpaired) electrons. The van der Waals surface area contributed by atoms with Gasteiger partial charge in [-0.1, -0.05) is 41.9 Å². The van der Waals surface area contributed by atoms with Crippen LogP contribution in [0.5, 0.6) is 5.75 Å². The number of likely N-dealkylation sites (tertiary alicyclic amines) is 1. The lowest BCUT2D eigenvalue weighted by molar-refractivity contribution is -0.135. The third kappa shape index (κ3) is 4.59. The van der Waals surface area contributed by atoms with Crippen LogP contribution in [0.3, 0.4) is 0 Å². The number of halogens is 1. The Labute approximate surface area is 174 Å². The Balaban J connectivity index is 1.49. The van der Waals surface area contributed by atoms with Gasteiger partial charge in [-0.25, -0.2) is 0 Å². The van der Waals surface area contributed by atoms with E-state index in [-0.39, 0.29) is 12.5 Å². The van der Waals surface area contributed by atoms with Crippen molar-refractivity contribution in [3.63, 3.8) is 0 Å². The first-order valence-electron chi connectivity index (χ1n) is 9.70. The van der Waals surface area contributed by atoms with Gasteiger partial charge in [0, 0.05) is 23.7 Å². The Bertz CT molecular complexity index is 1000. The van der Waals surface area contributed by atoms with Crippen LogP contribution in [0.2, 0.25) is 5.02 Å². The number of hydrogen-bond acceptors (Lipinski definition) is 5. The van der Waals surface area contributed by atoms with Crippen molar-refractivity contribution in [1.82, 2.24) is 15.0 Å². The van der Waals surface area contributed by atoms with Crippen LogP contribution in [0.1, 0.15) is 19.8 Å². The quantitative estimate of drug-likeness (QED) is 0.609. The number of ether oxygens (including phenoxy) is 1. The molecule has 29 heavy (non-hydrogen) atoms. The Hall–Kier alpha value is -2.86. The van der Waals surface area contributed by atoms with Crippen molar-refractivity contribution in [3.05, 3.63) is 53.6 Å². The predicted molar refractivity (Wildman–Crippen MR) is 111 cm³/mol. The second kappa shape index (κ2) is 8.66. The number of rotatable bonds is 5. The van der Waals surface area contributed by atoms with Crippen molar-refractivity contribution >= 4 is 17.5 Å². The van der Waals surface area contributed by atoms with E-state index in [2.05, 4.69) is 17.1 Å². The molecular weight excluding hydrogens is 390 g/mol. The summed E-state index contributed by atoms with van der Waals surface area (Å²) in [6, 6.07) is 14.6. The molecule has 1 aliphatic rings. The van der Waals surface area contributed by atoms with Crippen molar-refractivity contribution in [2.24, 2.45) is 5.92 Å². The maximum Gasteiger partial charge on any atom is 0.260 e. The van der Waals surface area contributed by atoms with Gasteiger partial charge in [-0.3, -0.25) is 4.79 Å². The number of piperidine rings is 1. The van der Waals surface area contributed by atoms with E-state index in [0.717, 1.165) is 25.1 Å². The normalized spacial score (nSPS) is 16.6. The molecule has 2 aromatic carbocycles. The largest absolute Gasteiger partial charge is 0.483 e. The second-order valence-corrected chi connectivity index (χ2v) is 7.74. The maximum atomic E-state index is 12.5. The van der Waals surface area contributed by atoms with Crippen LogP contribution in [0, 0.1) is 5.92 Å². The highest BCUT2D eigenvalue weighted by atomic mass is 35.5. The average molecular weight is 412 g/mol. The van der Waals surface area contributed by atoms with Crippen LogP contribution >= 0.6 is 11.6 Å². The summed E-state index contributed by atoms with van der Waals surface area (Å²) in [6.45, 7) is 3.74. The van der Waals surface area contributed by atoms with Gasteiger partial charge in [-0.05, 0) is 49.1 Å². The number of benzene rings is 2. The van der Waals surface area contributed by atoms with Crippen LogP contribution in [0.15, 0.2) is 53.1 Å². The Morgan fingerprint density at radius 2 is 2.14 bits per heavy atom. The zero-order valence-electron chi connectivity index (χ0n) is 16.2. The number of carbonyl (C=O) groups is 1. The van der Waals surface area contributed by atoms with Gasteiger partial charge in [0.15, 0.2) is 6.61 Å². The topological polar surface area (TPSA) is 68.5 Å². The highest BCUT2D eigenvalue weighted by Gasteiger charge is 2.22. The van der Waals surface area contributed by atoms with Crippen molar-refractivity contribution in [1.29, 1.82) is 0 Å². The molecule has 0 N–H and O–H groups in total. The van der Waals surface area contributed by atoms with Crippen LogP contribution in [-0.2, 0) is 4.79 Å². The first-order chi connectivity index (χ1) is 14.1. The summed E-state index contributed by atoms with van der Waals surface area (Å²) in [6.07, 6.45) is 2.21. The fraction of sp³-hybridized carbons (Fsp3) is 0.318. The minimum Gasteiger partial charge on any atom is -0.483 e.